The van der Waals surface area contributed by atoms with Crippen molar-refractivity contribution >= 4 is 5.91 Å². The molecule has 12 heavy (non-hydrogen) atoms. The third kappa shape index (κ3) is 5.16. The van der Waals surface area contributed by atoms with Crippen LogP contribution in [0.15, 0.2) is 0 Å². The highest BCUT2D eigenvalue weighted by molar-refractivity contribution is 5.73. The average Bonchev–Trinajstić information content (AvgIpc) is 1.83. The molecular formula is C10H21NO. The number of hydrogen-bond acceptors (Lipinski definition) is 1. The highest BCUT2D eigenvalue weighted by atomic mass is 16.1. The molecule has 0 spiro atoms. The fraction of sp³-hybridized carbons (Fsp3) is 0.900. The molecule has 0 aliphatic carbocycles. The van der Waals surface area contributed by atoms with Gasteiger partial charge in [-0.1, -0.05) is 27.7 Å². The van der Waals surface area contributed by atoms with E-state index in [9.17, 15) is 4.79 Å². The van der Waals surface area contributed by atoms with Gasteiger partial charge in [-0.25, -0.2) is 0 Å². The van der Waals surface area contributed by atoms with Crippen molar-refractivity contribution in [1.82, 2.24) is 5.32 Å². The van der Waals surface area contributed by atoms with E-state index < -0.39 is 0 Å². The lowest BCUT2D eigenvalue weighted by atomic mass is 9.94. The maximum atomic E-state index is 10.8. The van der Waals surface area contributed by atoms with Crippen molar-refractivity contribution in [2.24, 2.45) is 11.8 Å². The first-order valence-corrected chi connectivity index (χ1v) is 4.70. The first-order valence-electron chi connectivity index (χ1n) is 4.70. The molecule has 0 fully saturated rings. The molecule has 0 heterocycles. The Morgan fingerprint density at radius 1 is 1.25 bits per heavy atom. The predicted octanol–water partition coefficient (Wildman–Crippen LogP) is 2.19. The molecule has 0 aliphatic rings. The lowest BCUT2D eigenvalue weighted by molar-refractivity contribution is -0.120. The van der Waals surface area contributed by atoms with E-state index in [0.29, 0.717) is 17.9 Å². The van der Waals surface area contributed by atoms with Gasteiger partial charge >= 0.3 is 0 Å². The van der Waals surface area contributed by atoms with E-state index in [0.717, 1.165) is 6.42 Å². The van der Waals surface area contributed by atoms with E-state index >= 15 is 0 Å². The normalized spacial score (nSPS) is 13.6. The minimum Gasteiger partial charge on any atom is -0.353 e. The number of carbonyl (C=O) groups is 1. The second kappa shape index (κ2) is 5.18. The smallest absolute Gasteiger partial charge is 0.217 e. The van der Waals surface area contributed by atoms with Gasteiger partial charge in [0.2, 0.25) is 5.91 Å². The molecule has 0 rings (SSSR count). The topological polar surface area (TPSA) is 29.1 Å². The van der Waals surface area contributed by atoms with Gasteiger partial charge in [0, 0.05) is 13.0 Å². The molecule has 72 valence electrons. The molecule has 0 aliphatic heterocycles. The maximum Gasteiger partial charge on any atom is 0.217 e. The van der Waals surface area contributed by atoms with Gasteiger partial charge in [0.1, 0.15) is 0 Å². The van der Waals surface area contributed by atoms with Gasteiger partial charge in [0.25, 0.3) is 0 Å². The zero-order valence-electron chi connectivity index (χ0n) is 8.85. The number of carbonyl (C=O) groups excluding carboxylic acids is 1. The Kier molecular flexibility index (Phi) is 4.95. The molecule has 1 atom stereocenters. The summed E-state index contributed by atoms with van der Waals surface area (Å²) in [5, 5.41) is 2.97. The van der Waals surface area contributed by atoms with Crippen LogP contribution in [-0.2, 0) is 4.79 Å². The van der Waals surface area contributed by atoms with Crippen molar-refractivity contribution in [3.8, 4) is 0 Å². The van der Waals surface area contributed by atoms with Crippen LogP contribution < -0.4 is 5.32 Å². The van der Waals surface area contributed by atoms with E-state index in [1.807, 2.05) is 0 Å². The van der Waals surface area contributed by atoms with Gasteiger partial charge in [-0.15, -0.1) is 0 Å². The third-order valence-electron chi connectivity index (χ3n) is 1.92. The summed E-state index contributed by atoms with van der Waals surface area (Å²) < 4.78 is 0. The Labute approximate surface area is 75.7 Å². The third-order valence-corrected chi connectivity index (χ3v) is 1.92. The molecule has 0 aromatic rings. The zero-order chi connectivity index (χ0) is 9.72. The molecule has 1 amide bonds. The van der Waals surface area contributed by atoms with Crippen LogP contribution in [0.3, 0.4) is 0 Å². The number of hydrogen-bond donors (Lipinski definition) is 1. The molecule has 2 nitrogen and oxygen atoms in total. The van der Waals surface area contributed by atoms with Crippen molar-refractivity contribution in [2.45, 2.75) is 47.1 Å². The summed E-state index contributed by atoms with van der Waals surface area (Å²) in [6.45, 7) is 10.2. The Balaban J connectivity index is 3.95. The summed E-state index contributed by atoms with van der Waals surface area (Å²) in [5.41, 5.74) is 0. The lowest BCUT2D eigenvalue weighted by Gasteiger charge is -2.23. The summed E-state index contributed by atoms with van der Waals surface area (Å²) in [5.74, 6) is 1.25. The molecule has 1 N–H and O–H groups in total. The van der Waals surface area contributed by atoms with Gasteiger partial charge < -0.3 is 5.32 Å². The number of nitrogens with one attached hydrogen (secondary N) is 1. The Morgan fingerprint density at radius 2 is 1.75 bits per heavy atom. The second-order valence-corrected chi connectivity index (χ2v) is 4.18. The van der Waals surface area contributed by atoms with Gasteiger partial charge in [-0.05, 0) is 18.3 Å². The minimum absolute atomic E-state index is 0.0781. The van der Waals surface area contributed by atoms with Crippen LogP contribution in [0.25, 0.3) is 0 Å². The van der Waals surface area contributed by atoms with Gasteiger partial charge in [-0.2, -0.15) is 0 Å². The highest BCUT2D eigenvalue weighted by Crippen LogP contribution is 2.12. The zero-order valence-corrected chi connectivity index (χ0v) is 8.85. The molecule has 0 saturated heterocycles. The molecule has 1 unspecified atom stereocenters. The van der Waals surface area contributed by atoms with Gasteiger partial charge in [0.15, 0.2) is 0 Å². The number of rotatable bonds is 4. The second-order valence-electron chi connectivity index (χ2n) is 4.18. The monoisotopic (exact) mass is 171 g/mol. The van der Waals surface area contributed by atoms with E-state index in [1.165, 1.54) is 0 Å². The van der Waals surface area contributed by atoms with Crippen LogP contribution in [0.5, 0.6) is 0 Å². The van der Waals surface area contributed by atoms with E-state index in [4.69, 9.17) is 0 Å². The maximum absolute atomic E-state index is 10.8. The lowest BCUT2D eigenvalue weighted by Crippen LogP contribution is -2.38. The van der Waals surface area contributed by atoms with Gasteiger partial charge in [0.05, 0.1) is 0 Å². The van der Waals surface area contributed by atoms with Crippen molar-refractivity contribution < 1.29 is 4.79 Å². The van der Waals surface area contributed by atoms with Crippen LogP contribution in [0.2, 0.25) is 0 Å². The largest absolute Gasteiger partial charge is 0.353 e. The SMILES string of the molecule is CC(=O)NC(CC(C)C)C(C)C. The summed E-state index contributed by atoms with van der Waals surface area (Å²) in [4.78, 5) is 10.8. The Hall–Kier alpha value is -0.530. The van der Waals surface area contributed by atoms with Crippen LogP contribution in [0.4, 0.5) is 0 Å². The van der Waals surface area contributed by atoms with Crippen molar-refractivity contribution in [3.05, 3.63) is 0 Å². The van der Waals surface area contributed by atoms with Crippen LogP contribution in [0.1, 0.15) is 41.0 Å². The molecule has 0 radical (unpaired) electrons. The average molecular weight is 171 g/mol. The van der Waals surface area contributed by atoms with Crippen LogP contribution in [0, 0.1) is 11.8 Å². The summed E-state index contributed by atoms with van der Waals surface area (Å²) in [6, 6.07) is 0.336. The summed E-state index contributed by atoms with van der Waals surface area (Å²) in [7, 11) is 0. The summed E-state index contributed by atoms with van der Waals surface area (Å²) in [6.07, 6.45) is 1.07. The molecular weight excluding hydrogens is 150 g/mol. The van der Waals surface area contributed by atoms with Crippen molar-refractivity contribution in [2.75, 3.05) is 0 Å². The van der Waals surface area contributed by atoms with Crippen molar-refractivity contribution in [1.29, 1.82) is 0 Å². The predicted molar refractivity (Wildman–Crippen MR) is 51.9 cm³/mol. The molecule has 0 bridgehead atoms. The van der Waals surface area contributed by atoms with E-state index in [1.54, 1.807) is 6.92 Å². The first kappa shape index (κ1) is 11.5. The molecule has 2 heteroatoms. The first-order chi connectivity index (χ1) is 5.43. The number of amides is 1. The van der Waals surface area contributed by atoms with E-state index in [2.05, 4.69) is 33.0 Å². The fourth-order valence-corrected chi connectivity index (χ4v) is 1.27. The molecule has 0 aromatic carbocycles. The minimum atomic E-state index is 0.0781. The Bertz CT molecular complexity index is 141. The standard InChI is InChI=1S/C10H21NO/c1-7(2)6-10(8(3)4)11-9(5)12/h7-8,10H,6H2,1-5H3,(H,11,12). The van der Waals surface area contributed by atoms with E-state index in [-0.39, 0.29) is 5.91 Å². The summed E-state index contributed by atoms with van der Waals surface area (Å²) >= 11 is 0. The molecule has 0 aromatic heterocycles. The van der Waals surface area contributed by atoms with Crippen LogP contribution >= 0.6 is 0 Å². The van der Waals surface area contributed by atoms with Crippen molar-refractivity contribution in [3.63, 3.8) is 0 Å². The Morgan fingerprint density at radius 3 is 2.00 bits per heavy atom. The quantitative estimate of drug-likeness (QED) is 0.690. The fourth-order valence-electron chi connectivity index (χ4n) is 1.27. The molecule has 0 saturated carbocycles. The highest BCUT2D eigenvalue weighted by Gasteiger charge is 2.15. The van der Waals surface area contributed by atoms with Crippen LogP contribution in [-0.4, -0.2) is 11.9 Å². The van der Waals surface area contributed by atoms with Gasteiger partial charge in [-0.3, -0.25) is 4.79 Å².